The molecule has 122 valence electrons. The maximum absolute atomic E-state index is 12.4. The van der Waals surface area contributed by atoms with Crippen LogP contribution in [0.5, 0.6) is 0 Å². The predicted molar refractivity (Wildman–Crippen MR) is 83.2 cm³/mol. The van der Waals surface area contributed by atoms with Gasteiger partial charge in [0, 0.05) is 19.5 Å². The highest BCUT2D eigenvalue weighted by atomic mass is 16.3. The number of nitrogens with zero attached hydrogens (tertiary/aromatic N) is 4. The van der Waals surface area contributed by atoms with Crippen molar-refractivity contribution in [3.05, 3.63) is 17.5 Å². The first-order valence-electron chi connectivity index (χ1n) is 8.38. The van der Waals surface area contributed by atoms with Gasteiger partial charge >= 0.3 is 0 Å². The quantitative estimate of drug-likeness (QED) is 0.906. The van der Waals surface area contributed by atoms with Gasteiger partial charge in [0.05, 0.1) is 30.6 Å². The highest BCUT2D eigenvalue weighted by Crippen LogP contribution is 2.18. The number of aliphatic hydroxyl groups excluding tert-OH is 1. The fraction of sp³-hybridized carbons (Fsp3) is 0.750. The molecular weight excluding hydrogens is 280 g/mol. The first-order valence-corrected chi connectivity index (χ1v) is 8.38. The summed E-state index contributed by atoms with van der Waals surface area (Å²) in [6.07, 6.45) is 3.91. The molecule has 1 amide bonds. The number of hydrogen-bond acceptors (Lipinski definition) is 4. The molecule has 3 rings (SSSR count). The number of likely N-dealkylation sites (tertiary alicyclic amines) is 1. The molecule has 0 spiro atoms. The van der Waals surface area contributed by atoms with E-state index < -0.39 is 6.10 Å². The molecule has 2 aliphatic rings. The Labute approximate surface area is 131 Å². The van der Waals surface area contributed by atoms with E-state index >= 15 is 0 Å². The average molecular weight is 306 g/mol. The zero-order chi connectivity index (χ0) is 15.5. The van der Waals surface area contributed by atoms with Crippen molar-refractivity contribution >= 4 is 5.91 Å². The molecule has 1 N–H and O–H groups in total. The lowest BCUT2D eigenvalue weighted by atomic mass is 10.1. The maximum atomic E-state index is 12.4. The summed E-state index contributed by atoms with van der Waals surface area (Å²) >= 11 is 0. The van der Waals surface area contributed by atoms with Crippen LogP contribution in [0.4, 0.5) is 0 Å². The van der Waals surface area contributed by atoms with E-state index in [9.17, 15) is 9.90 Å². The lowest BCUT2D eigenvalue weighted by molar-refractivity contribution is -0.133. The lowest BCUT2D eigenvalue weighted by Gasteiger charge is -2.30. The van der Waals surface area contributed by atoms with Gasteiger partial charge in [-0.1, -0.05) is 6.42 Å². The van der Waals surface area contributed by atoms with Gasteiger partial charge in [0.25, 0.3) is 0 Å². The molecule has 1 unspecified atom stereocenters. The van der Waals surface area contributed by atoms with Crippen LogP contribution in [-0.2, 0) is 17.9 Å². The summed E-state index contributed by atoms with van der Waals surface area (Å²) in [4.78, 5) is 16.7. The Hall–Kier alpha value is -1.40. The van der Waals surface area contributed by atoms with Crippen LogP contribution in [0, 0.1) is 0 Å². The molecule has 1 aromatic rings. The fourth-order valence-electron chi connectivity index (χ4n) is 3.30. The monoisotopic (exact) mass is 306 g/mol. The van der Waals surface area contributed by atoms with Crippen molar-refractivity contribution in [2.75, 3.05) is 26.2 Å². The van der Waals surface area contributed by atoms with Crippen LogP contribution >= 0.6 is 0 Å². The highest BCUT2D eigenvalue weighted by molar-refractivity contribution is 5.76. The van der Waals surface area contributed by atoms with Gasteiger partial charge in [-0.2, -0.15) is 5.10 Å². The smallest absolute Gasteiger partial charge is 0.224 e. The minimum atomic E-state index is -0.554. The number of hydrogen-bond donors (Lipinski definition) is 1. The van der Waals surface area contributed by atoms with Crippen LogP contribution in [0.25, 0.3) is 0 Å². The standard InChI is InChI=1S/C16H26N4O2/c1-13(21)15-11-14-12-19(9-10-20(14)17-15)16(22)5-8-18-6-3-2-4-7-18/h11,13,21H,2-10,12H2,1H3. The van der Waals surface area contributed by atoms with Gasteiger partial charge in [0.15, 0.2) is 0 Å². The number of amides is 1. The zero-order valence-corrected chi connectivity index (χ0v) is 13.4. The number of piperidine rings is 1. The Bertz CT molecular complexity index is 520. The van der Waals surface area contributed by atoms with Crippen LogP contribution in [0.1, 0.15) is 50.1 Å². The van der Waals surface area contributed by atoms with Crippen LogP contribution in [0.2, 0.25) is 0 Å². The number of carbonyl (C=O) groups excluding carboxylic acids is 1. The molecule has 2 aliphatic heterocycles. The Kier molecular flexibility index (Phi) is 4.78. The van der Waals surface area contributed by atoms with Crippen LogP contribution in [-0.4, -0.2) is 56.8 Å². The van der Waals surface area contributed by atoms with Crippen LogP contribution in [0.3, 0.4) is 0 Å². The van der Waals surface area contributed by atoms with Gasteiger partial charge in [-0.3, -0.25) is 9.48 Å². The normalized spacial score (nSPS) is 20.7. The highest BCUT2D eigenvalue weighted by Gasteiger charge is 2.23. The van der Waals surface area contributed by atoms with E-state index in [1.165, 1.54) is 19.3 Å². The molecule has 0 bridgehead atoms. The second kappa shape index (κ2) is 6.79. The van der Waals surface area contributed by atoms with E-state index in [0.717, 1.165) is 31.9 Å². The summed E-state index contributed by atoms with van der Waals surface area (Å²) in [7, 11) is 0. The third-order valence-corrected chi connectivity index (χ3v) is 4.69. The Morgan fingerprint density at radius 2 is 2.05 bits per heavy atom. The van der Waals surface area contributed by atoms with E-state index in [1.807, 2.05) is 15.6 Å². The lowest BCUT2D eigenvalue weighted by Crippen LogP contribution is -2.40. The topological polar surface area (TPSA) is 61.6 Å². The van der Waals surface area contributed by atoms with Crippen LogP contribution in [0.15, 0.2) is 6.07 Å². The first kappa shape index (κ1) is 15.5. The van der Waals surface area contributed by atoms with Gasteiger partial charge in [-0.05, 0) is 38.9 Å². The third kappa shape index (κ3) is 3.50. The van der Waals surface area contributed by atoms with Gasteiger partial charge in [0.2, 0.25) is 5.91 Å². The molecule has 1 aromatic heterocycles. The third-order valence-electron chi connectivity index (χ3n) is 4.69. The second-order valence-electron chi connectivity index (χ2n) is 6.43. The van der Waals surface area contributed by atoms with Crippen molar-refractivity contribution in [1.29, 1.82) is 0 Å². The fourth-order valence-corrected chi connectivity index (χ4v) is 3.30. The van der Waals surface area contributed by atoms with Crippen molar-refractivity contribution in [2.45, 2.75) is 51.8 Å². The molecule has 0 saturated carbocycles. The average Bonchev–Trinajstić information content (AvgIpc) is 2.97. The maximum Gasteiger partial charge on any atom is 0.224 e. The van der Waals surface area contributed by atoms with E-state index in [2.05, 4.69) is 10.00 Å². The van der Waals surface area contributed by atoms with E-state index in [-0.39, 0.29) is 5.91 Å². The summed E-state index contributed by atoms with van der Waals surface area (Å²) in [6, 6.07) is 1.91. The van der Waals surface area contributed by atoms with Gasteiger partial charge < -0.3 is 14.9 Å². The molecular formula is C16H26N4O2. The summed E-state index contributed by atoms with van der Waals surface area (Å²) in [5, 5.41) is 14.0. The van der Waals surface area contributed by atoms with Crippen molar-refractivity contribution in [3.63, 3.8) is 0 Å². The van der Waals surface area contributed by atoms with Crippen molar-refractivity contribution in [1.82, 2.24) is 19.6 Å². The SMILES string of the molecule is CC(O)c1cc2n(n1)CCN(C(=O)CCN1CCCCC1)C2. The van der Waals surface area contributed by atoms with E-state index in [4.69, 9.17) is 0 Å². The molecule has 0 radical (unpaired) electrons. The summed E-state index contributed by atoms with van der Waals surface area (Å²) in [5.74, 6) is 0.233. The molecule has 6 nitrogen and oxygen atoms in total. The minimum absolute atomic E-state index is 0.233. The summed E-state index contributed by atoms with van der Waals surface area (Å²) in [6.45, 7) is 6.92. The van der Waals surface area contributed by atoms with Gasteiger partial charge in [0.1, 0.15) is 0 Å². The molecule has 6 heteroatoms. The number of aliphatic hydroxyl groups is 1. The van der Waals surface area contributed by atoms with E-state index in [0.29, 0.717) is 25.2 Å². The summed E-state index contributed by atoms with van der Waals surface area (Å²) < 4.78 is 1.91. The zero-order valence-electron chi connectivity index (χ0n) is 13.4. The molecule has 0 aliphatic carbocycles. The van der Waals surface area contributed by atoms with Crippen molar-refractivity contribution in [2.24, 2.45) is 0 Å². The van der Waals surface area contributed by atoms with Crippen molar-refractivity contribution < 1.29 is 9.90 Å². The molecule has 0 aromatic carbocycles. The van der Waals surface area contributed by atoms with E-state index in [1.54, 1.807) is 6.92 Å². The predicted octanol–water partition coefficient (Wildman–Crippen LogP) is 1.15. The number of fused-ring (bicyclic) bond motifs is 1. The van der Waals surface area contributed by atoms with Gasteiger partial charge in [-0.25, -0.2) is 0 Å². The Balaban J connectivity index is 1.53. The molecule has 3 heterocycles. The number of rotatable bonds is 4. The molecule has 1 fully saturated rings. The minimum Gasteiger partial charge on any atom is -0.387 e. The van der Waals surface area contributed by atoms with Crippen molar-refractivity contribution in [3.8, 4) is 0 Å². The van der Waals surface area contributed by atoms with Gasteiger partial charge in [-0.15, -0.1) is 0 Å². The Morgan fingerprint density at radius 3 is 2.77 bits per heavy atom. The largest absolute Gasteiger partial charge is 0.387 e. The Morgan fingerprint density at radius 1 is 1.27 bits per heavy atom. The molecule has 1 saturated heterocycles. The first-order chi connectivity index (χ1) is 10.6. The molecule has 22 heavy (non-hydrogen) atoms. The van der Waals surface area contributed by atoms with Crippen LogP contribution < -0.4 is 0 Å². The number of aromatic nitrogens is 2. The molecule has 1 atom stereocenters. The summed E-state index contributed by atoms with van der Waals surface area (Å²) in [5.41, 5.74) is 1.71. The number of carbonyl (C=O) groups is 1. The second-order valence-corrected chi connectivity index (χ2v) is 6.43.